The molecule has 0 aromatic heterocycles. The van der Waals surface area contributed by atoms with Gasteiger partial charge in [0, 0.05) is 13.1 Å². The van der Waals surface area contributed by atoms with Crippen molar-refractivity contribution in [3.8, 4) is 5.75 Å². The molecule has 134 valence electrons. The lowest BCUT2D eigenvalue weighted by atomic mass is 10.2. The number of hydrogen-bond acceptors (Lipinski definition) is 6. The largest absolute Gasteiger partial charge is 0.482 e. The molecule has 1 atom stereocenters. The molecule has 2 aliphatic rings. The van der Waals surface area contributed by atoms with Gasteiger partial charge in [0.15, 0.2) is 12.7 Å². The number of rotatable bonds is 4. The summed E-state index contributed by atoms with van der Waals surface area (Å²) >= 11 is 0. The summed E-state index contributed by atoms with van der Waals surface area (Å²) in [4.78, 5) is 39.5. The van der Waals surface area contributed by atoms with Crippen molar-refractivity contribution < 1.29 is 28.6 Å². The van der Waals surface area contributed by atoms with Crippen molar-refractivity contribution in [2.45, 2.75) is 13.0 Å². The van der Waals surface area contributed by atoms with Crippen LogP contribution in [-0.4, -0.2) is 68.2 Å². The number of morpholine rings is 1. The fourth-order valence-electron chi connectivity index (χ4n) is 2.78. The van der Waals surface area contributed by atoms with Crippen molar-refractivity contribution in [2.24, 2.45) is 0 Å². The zero-order valence-electron chi connectivity index (χ0n) is 14.0. The van der Waals surface area contributed by atoms with E-state index in [-0.39, 0.29) is 25.0 Å². The maximum atomic E-state index is 12.3. The zero-order chi connectivity index (χ0) is 17.8. The number of hydrogen-bond donors (Lipinski definition) is 0. The highest BCUT2D eigenvalue weighted by Gasteiger charge is 2.30. The van der Waals surface area contributed by atoms with Crippen molar-refractivity contribution in [1.29, 1.82) is 0 Å². The Bertz CT molecular complexity index is 671. The molecule has 1 aromatic rings. The molecule has 2 amide bonds. The first-order valence-corrected chi connectivity index (χ1v) is 8.14. The van der Waals surface area contributed by atoms with Crippen LogP contribution in [0.3, 0.4) is 0 Å². The van der Waals surface area contributed by atoms with Gasteiger partial charge >= 0.3 is 5.97 Å². The molecule has 0 N–H and O–H groups in total. The lowest BCUT2D eigenvalue weighted by Gasteiger charge is -2.30. The summed E-state index contributed by atoms with van der Waals surface area (Å²) in [5, 5.41) is 0. The molecule has 0 bridgehead atoms. The van der Waals surface area contributed by atoms with Gasteiger partial charge in [-0.25, -0.2) is 0 Å². The second-order valence-electron chi connectivity index (χ2n) is 5.81. The number of nitrogens with zero attached hydrogens (tertiary/aromatic N) is 2. The van der Waals surface area contributed by atoms with Crippen LogP contribution in [0, 0.1) is 0 Å². The van der Waals surface area contributed by atoms with E-state index in [0.29, 0.717) is 37.7 Å². The lowest BCUT2D eigenvalue weighted by molar-refractivity contribution is -0.160. The number of esters is 1. The first-order valence-electron chi connectivity index (χ1n) is 8.14. The van der Waals surface area contributed by atoms with E-state index < -0.39 is 12.1 Å². The molecule has 1 saturated heterocycles. The number of benzene rings is 1. The van der Waals surface area contributed by atoms with Crippen LogP contribution in [0.4, 0.5) is 5.69 Å². The third-order valence-electron chi connectivity index (χ3n) is 4.07. The summed E-state index contributed by atoms with van der Waals surface area (Å²) in [6, 6.07) is 6.96. The Balaban J connectivity index is 1.60. The van der Waals surface area contributed by atoms with Gasteiger partial charge in [0.1, 0.15) is 12.3 Å². The quantitative estimate of drug-likeness (QED) is 0.723. The Morgan fingerprint density at radius 1 is 1.24 bits per heavy atom. The molecule has 0 radical (unpaired) electrons. The average molecular weight is 348 g/mol. The van der Waals surface area contributed by atoms with Crippen molar-refractivity contribution in [2.75, 3.05) is 44.4 Å². The fraction of sp³-hybridized carbons (Fsp3) is 0.471. The maximum Gasteiger partial charge on any atom is 0.326 e. The van der Waals surface area contributed by atoms with Crippen molar-refractivity contribution in [3.05, 3.63) is 24.3 Å². The van der Waals surface area contributed by atoms with Crippen LogP contribution in [0.25, 0.3) is 0 Å². The molecule has 25 heavy (non-hydrogen) atoms. The van der Waals surface area contributed by atoms with Gasteiger partial charge in [-0.3, -0.25) is 19.3 Å². The number of anilines is 1. The fourth-order valence-corrected chi connectivity index (χ4v) is 2.78. The average Bonchev–Trinajstić information content (AvgIpc) is 2.64. The predicted molar refractivity (Wildman–Crippen MR) is 87.2 cm³/mol. The highest BCUT2D eigenvalue weighted by Crippen LogP contribution is 2.31. The number of ether oxygens (including phenoxy) is 3. The molecule has 1 fully saturated rings. The van der Waals surface area contributed by atoms with E-state index in [1.54, 1.807) is 29.2 Å². The third kappa shape index (κ3) is 3.90. The summed E-state index contributed by atoms with van der Waals surface area (Å²) in [5.41, 5.74) is 0.517. The minimum atomic E-state index is -0.906. The topological polar surface area (TPSA) is 85.4 Å². The van der Waals surface area contributed by atoms with Crippen LogP contribution in [-0.2, 0) is 23.9 Å². The zero-order valence-corrected chi connectivity index (χ0v) is 14.0. The Hall–Kier alpha value is -2.61. The molecule has 0 saturated carbocycles. The van der Waals surface area contributed by atoms with Gasteiger partial charge in [0.25, 0.3) is 11.8 Å². The van der Waals surface area contributed by atoms with E-state index in [1.165, 1.54) is 11.8 Å². The third-order valence-corrected chi connectivity index (χ3v) is 4.07. The van der Waals surface area contributed by atoms with Crippen LogP contribution in [0.5, 0.6) is 5.75 Å². The van der Waals surface area contributed by atoms with Crippen LogP contribution < -0.4 is 9.64 Å². The Morgan fingerprint density at radius 3 is 2.72 bits per heavy atom. The van der Waals surface area contributed by atoms with Gasteiger partial charge in [-0.05, 0) is 19.1 Å². The molecule has 0 spiro atoms. The molecule has 3 rings (SSSR count). The van der Waals surface area contributed by atoms with Crippen LogP contribution in [0.15, 0.2) is 24.3 Å². The molecule has 1 aromatic carbocycles. The Kier molecular flexibility index (Phi) is 5.18. The van der Waals surface area contributed by atoms with Crippen molar-refractivity contribution in [1.82, 2.24) is 4.90 Å². The highest BCUT2D eigenvalue weighted by atomic mass is 16.5. The van der Waals surface area contributed by atoms with Gasteiger partial charge in [-0.2, -0.15) is 0 Å². The Morgan fingerprint density at radius 2 is 1.96 bits per heavy atom. The van der Waals surface area contributed by atoms with Crippen LogP contribution in [0.1, 0.15) is 6.92 Å². The first kappa shape index (κ1) is 17.2. The van der Waals surface area contributed by atoms with Gasteiger partial charge in [0.2, 0.25) is 0 Å². The number of amides is 2. The number of carbonyl (C=O) groups excluding carboxylic acids is 3. The summed E-state index contributed by atoms with van der Waals surface area (Å²) in [5.74, 6) is -0.695. The summed E-state index contributed by atoms with van der Waals surface area (Å²) in [7, 11) is 0. The van der Waals surface area contributed by atoms with Crippen LogP contribution in [0.2, 0.25) is 0 Å². The summed E-state index contributed by atoms with van der Waals surface area (Å²) in [6.45, 7) is 3.06. The first-order chi connectivity index (χ1) is 12.1. The molecular formula is C17H20N2O6. The van der Waals surface area contributed by atoms with Crippen molar-refractivity contribution in [3.63, 3.8) is 0 Å². The second-order valence-corrected chi connectivity index (χ2v) is 5.81. The molecule has 2 aliphatic heterocycles. The predicted octanol–water partition coefficient (Wildman–Crippen LogP) is 0.202. The molecule has 8 nitrogen and oxygen atoms in total. The normalized spacial score (nSPS) is 18.2. The smallest absolute Gasteiger partial charge is 0.326 e. The molecular weight excluding hydrogens is 328 g/mol. The minimum absolute atomic E-state index is 0.132. The molecule has 0 aliphatic carbocycles. The lowest BCUT2D eigenvalue weighted by Crippen LogP contribution is -2.47. The van der Waals surface area contributed by atoms with Gasteiger partial charge in [-0.1, -0.05) is 12.1 Å². The van der Waals surface area contributed by atoms with E-state index in [1.807, 2.05) is 0 Å². The summed E-state index contributed by atoms with van der Waals surface area (Å²) in [6.07, 6.45) is -0.906. The van der Waals surface area contributed by atoms with E-state index in [4.69, 9.17) is 14.2 Å². The van der Waals surface area contributed by atoms with E-state index in [9.17, 15) is 14.4 Å². The van der Waals surface area contributed by atoms with E-state index >= 15 is 0 Å². The van der Waals surface area contributed by atoms with Gasteiger partial charge < -0.3 is 19.1 Å². The van der Waals surface area contributed by atoms with Crippen molar-refractivity contribution >= 4 is 23.5 Å². The standard InChI is InChI=1S/C17H20N2O6/c1-12(17(22)18-6-8-23-9-7-18)25-16(21)10-19-13-4-2-3-5-14(13)24-11-15(19)20/h2-5,12H,6-11H2,1H3. The highest BCUT2D eigenvalue weighted by molar-refractivity contribution is 6.01. The SMILES string of the molecule is CC(OC(=O)CN1C(=O)COc2ccccc21)C(=O)N1CCOCC1. The van der Waals surface area contributed by atoms with E-state index in [0.717, 1.165) is 0 Å². The minimum Gasteiger partial charge on any atom is -0.482 e. The second kappa shape index (κ2) is 7.52. The van der Waals surface area contributed by atoms with Crippen LogP contribution >= 0.6 is 0 Å². The number of para-hydroxylation sites is 2. The van der Waals surface area contributed by atoms with E-state index in [2.05, 4.69) is 0 Å². The number of carbonyl (C=O) groups is 3. The molecule has 1 unspecified atom stereocenters. The number of fused-ring (bicyclic) bond motifs is 1. The van der Waals surface area contributed by atoms with Gasteiger partial charge in [0.05, 0.1) is 18.9 Å². The molecule has 2 heterocycles. The molecule has 8 heteroatoms. The maximum absolute atomic E-state index is 12.3. The van der Waals surface area contributed by atoms with Gasteiger partial charge in [-0.15, -0.1) is 0 Å². The Labute approximate surface area is 145 Å². The monoisotopic (exact) mass is 348 g/mol. The summed E-state index contributed by atoms with van der Waals surface area (Å²) < 4.78 is 15.8.